The van der Waals surface area contributed by atoms with Crippen molar-refractivity contribution >= 4 is 23.2 Å². The van der Waals surface area contributed by atoms with Gasteiger partial charge < -0.3 is 19.3 Å². The third-order valence-electron chi connectivity index (χ3n) is 6.51. The minimum atomic E-state index is -0.0603. The van der Waals surface area contributed by atoms with Gasteiger partial charge in [-0.2, -0.15) is 0 Å². The van der Waals surface area contributed by atoms with Crippen LogP contribution in [-0.4, -0.2) is 55.0 Å². The molecule has 2 aliphatic rings. The quantitative estimate of drug-likeness (QED) is 0.545. The number of hydrogen-bond donors (Lipinski definition) is 0. The molecule has 2 amide bonds. The van der Waals surface area contributed by atoms with Crippen LogP contribution in [0.2, 0.25) is 0 Å². The molecule has 3 aromatic rings. The molecule has 0 aliphatic carbocycles. The molecule has 0 saturated carbocycles. The standard InChI is InChI=1S/C27H28N2O4S/c1-18-8-9-24(34-18)20-12-22-16-28(10-11-33-27(22)23(13-20)32-2)26(31)17-29-15-21(14-25(29)30)19-6-4-3-5-7-19/h3-9,12-13,21H,10-11,14-17H2,1-2H3/t21-/m0/s1. The van der Waals surface area contributed by atoms with Crippen molar-refractivity contribution in [3.63, 3.8) is 0 Å². The normalized spacial score (nSPS) is 17.8. The number of carbonyl (C=O) groups excluding carboxylic acids is 2. The molecule has 5 rings (SSSR count). The molecule has 3 heterocycles. The second kappa shape index (κ2) is 9.50. The van der Waals surface area contributed by atoms with Gasteiger partial charge in [0, 0.05) is 40.7 Å². The van der Waals surface area contributed by atoms with Gasteiger partial charge in [-0.1, -0.05) is 30.3 Å². The highest BCUT2D eigenvalue weighted by molar-refractivity contribution is 7.15. The average molecular weight is 477 g/mol. The van der Waals surface area contributed by atoms with Crippen molar-refractivity contribution in [1.82, 2.24) is 9.80 Å². The van der Waals surface area contributed by atoms with Crippen molar-refractivity contribution < 1.29 is 19.1 Å². The highest BCUT2D eigenvalue weighted by atomic mass is 32.1. The van der Waals surface area contributed by atoms with Gasteiger partial charge in [-0.05, 0) is 42.3 Å². The number of nitrogens with zero attached hydrogens (tertiary/aromatic N) is 2. The lowest BCUT2D eigenvalue weighted by Crippen LogP contribution is -2.41. The molecular weight excluding hydrogens is 448 g/mol. The topological polar surface area (TPSA) is 59.1 Å². The Kier molecular flexibility index (Phi) is 6.28. The first-order chi connectivity index (χ1) is 16.5. The smallest absolute Gasteiger partial charge is 0.242 e. The summed E-state index contributed by atoms with van der Waals surface area (Å²) >= 11 is 1.72. The van der Waals surface area contributed by atoms with Crippen molar-refractivity contribution in [1.29, 1.82) is 0 Å². The van der Waals surface area contributed by atoms with Crippen LogP contribution in [0.25, 0.3) is 10.4 Å². The Morgan fingerprint density at radius 3 is 2.74 bits per heavy atom. The Bertz CT molecular complexity index is 1210. The van der Waals surface area contributed by atoms with E-state index in [4.69, 9.17) is 9.47 Å². The van der Waals surface area contributed by atoms with Gasteiger partial charge >= 0.3 is 0 Å². The molecule has 6 nitrogen and oxygen atoms in total. The minimum Gasteiger partial charge on any atom is -0.493 e. The van der Waals surface area contributed by atoms with Crippen molar-refractivity contribution in [3.8, 4) is 21.9 Å². The van der Waals surface area contributed by atoms with Gasteiger partial charge in [0.2, 0.25) is 11.8 Å². The zero-order valence-electron chi connectivity index (χ0n) is 19.5. The summed E-state index contributed by atoms with van der Waals surface area (Å²) in [7, 11) is 1.64. The van der Waals surface area contributed by atoms with Gasteiger partial charge in [0.15, 0.2) is 11.5 Å². The van der Waals surface area contributed by atoms with Gasteiger partial charge in [0.25, 0.3) is 0 Å². The number of ether oxygens (including phenoxy) is 2. The summed E-state index contributed by atoms with van der Waals surface area (Å²) in [4.78, 5) is 31.8. The molecule has 1 atom stereocenters. The third-order valence-corrected chi connectivity index (χ3v) is 7.56. The molecule has 2 aliphatic heterocycles. The Labute approximate surface area is 203 Å². The number of hydrogen-bond acceptors (Lipinski definition) is 5. The van der Waals surface area contributed by atoms with E-state index in [2.05, 4.69) is 25.1 Å². The summed E-state index contributed by atoms with van der Waals surface area (Å²) in [6, 6.07) is 18.3. The molecule has 1 aromatic heterocycles. The van der Waals surface area contributed by atoms with Crippen LogP contribution in [0.3, 0.4) is 0 Å². The van der Waals surface area contributed by atoms with Crippen LogP contribution in [-0.2, 0) is 16.1 Å². The van der Waals surface area contributed by atoms with Gasteiger partial charge in [-0.3, -0.25) is 9.59 Å². The van der Waals surface area contributed by atoms with Crippen LogP contribution in [0.1, 0.15) is 28.3 Å². The first-order valence-corrected chi connectivity index (χ1v) is 12.3. The van der Waals surface area contributed by atoms with E-state index in [9.17, 15) is 9.59 Å². The number of aryl methyl sites for hydroxylation is 1. The SMILES string of the molecule is COc1cc(-c2ccc(C)s2)cc2c1OCCN(C(=O)CN1C[C@@H](c3ccccc3)CC1=O)C2. The Morgan fingerprint density at radius 2 is 2.00 bits per heavy atom. The monoisotopic (exact) mass is 476 g/mol. The van der Waals surface area contributed by atoms with Crippen LogP contribution in [0.5, 0.6) is 11.5 Å². The summed E-state index contributed by atoms with van der Waals surface area (Å²) in [5.41, 5.74) is 3.11. The number of rotatable bonds is 5. The van der Waals surface area contributed by atoms with Crippen LogP contribution in [0.4, 0.5) is 0 Å². The maximum absolute atomic E-state index is 13.3. The zero-order chi connectivity index (χ0) is 23.7. The highest BCUT2D eigenvalue weighted by Crippen LogP contribution is 2.40. The molecule has 0 radical (unpaired) electrons. The molecule has 1 fully saturated rings. The van der Waals surface area contributed by atoms with E-state index in [-0.39, 0.29) is 24.3 Å². The first-order valence-electron chi connectivity index (χ1n) is 11.5. The zero-order valence-corrected chi connectivity index (χ0v) is 20.3. The molecule has 176 valence electrons. The largest absolute Gasteiger partial charge is 0.493 e. The van der Waals surface area contributed by atoms with Gasteiger partial charge in [0.1, 0.15) is 6.61 Å². The second-order valence-electron chi connectivity index (χ2n) is 8.83. The van der Waals surface area contributed by atoms with Crippen molar-refractivity contribution in [3.05, 3.63) is 70.6 Å². The fraction of sp³-hybridized carbons (Fsp3) is 0.333. The van der Waals surface area contributed by atoms with Gasteiger partial charge in [-0.15, -0.1) is 11.3 Å². The third kappa shape index (κ3) is 4.53. The predicted molar refractivity (Wildman–Crippen MR) is 132 cm³/mol. The molecule has 0 N–H and O–H groups in total. The molecule has 34 heavy (non-hydrogen) atoms. The van der Waals surface area contributed by atoms with E-state index >= 15 is 0 Å². The lowest BCUT2D eigenvalue weighted by molar-refractivity contribution is -0.138. The number of fused-ring (bicyclic) bond motifs is 1. The second-order valence-corrected chi connectivity index (χ2v) is 10.1. The molecular formula is C27H28N2O4S. The summed E-state index contributed by atoms with van der Waals surface area (Å²) in [5, 5.41) is 0. The minimum absolute atomic E-state index is 0.0331. The Hall–Kier alpha value is -3.32. The van der Waals surface area contributed by atoms with Gasteiger partial charge in [0.05, 0.1) is 20.2 Å². The fourth-order valence-electron chi connectivity index (χ4n) is 4.72. The lowest BCUT2D eigenvalue weighted by atomic mass is 9.99. The predicted octanol–water partition coefficient (Wildman–Crippen LogP) is 4.47. The maximum atomic E-state index is 13.3. The van der Waals surface area contributed by atoms with Crippen molar-refractivity contribution in [2.45, 2.75) is 25.8 Å². The van der Waals surface area contributed by atoms with Crippen LogP contribution in [0.15, 0.2) is 54.6 Å². The van der Waals surface area contributed by atoms with E-state index in [1.807, 2.05) is 36.4 Å². The van der Waals surface area contributed by atoms with E-state index in [0.29, 0.717) is 44.2 Å². The maximum Gasteiger partial charge on any atom is 0.242 e. The van der Waals surface area contributed by atoms with E-state index in [0.717, 1.165) is 21.6 Å². The van der Waals surface area contributed by atoms with Gasteiger partial charge in [-0.25, -0.2) is 0 Å². The fourth-order valence-corrected chi connectivity index (χ4v) is 5.57. The van der Waals surface area contributed by atoms with E-state index in [1.165, 1.54) is 4.88 Å². The van der Waals surface area contributed by atoms with Crippen LogP contribution >= 0.6 is 11.3 Å². The molecule has 0 bridgehead atoms. The van der Waals surface area contributed by atoms with E-state index in [1.54, 1.807) is 28.2 Å². The van der Waals surface area contributed by atoms with Crippen molar-refractivity contribution in [2.75, 3.05) is 33.4 Å². The number of thiophene rings is 1. The number of benzene rings is 2. The van der Waals surface area contributed by atoms with E-state index < -0.39 is 0 Å². The first kappa shape index (κ1) is 22.5. The lowest BCUT2D eigenvalue weighted by Gasteiger charge is -2.24. The summed E-state index contributed by atoms with van der Waals surface area (Å²) < 4.78 is 11.6. The number of methoxy groups -OCH3 is 1. The Morgan fingerprint density at radius 1 is 1.18 bits per heavy atom. The summed E-state index contributed by atoms with van der Waals surface area (Å²) in [5.74, 6) is 1.47. The summed E-state index contributed by atoms with van der Waals surface area (Å²) in [6.45, 7) is 4.03. The van der Waals surface area contributed by atoms with Crippen LogP contribution < -0.4 is 9.47 Å². The number of amides is 2. The molecule has 7 heteroatoms. The number of carbonyl (C=O) groups is 2. The number of likely N-dealkylation sites (tertiary alicyclic amines) is 1. The average Bonchev–Trinajstić information content (AvgIpc) is 3.37. The van der Waals surface area contributed by atoms with Crippen molar-refractivity contribution in [2.24, 2.45) is 0 Å². The highest BCUT2D eigenvalue weighted by Gasteiger charge is 2.33. The molecule has 0 spiro atoms. The molecule has 1 saturated heterocycles. The molecule has 2 aromatic carbocycles. The summed E-state index contributed by atoms with van der Waals surface area (Å²) in [6.07, 6.45) is 0.448. The molecule has 0 unspecified atom stereocenters. The Balaban J connectivity index is 1.33. The van der Waals surface area contributed by atoms with Crippen LogP contribution in [0, 0.1) is 6.92 Å².